The highest BCUT2D eigenvalue weighted by Gasteiger charge is 2.29. The lowest BCUT2D eigenvalue weighted by atomic mass is 10.0. The number of alkyl carbamates (subject to hydrolysis) is 1. The van der Waals surface area contributed by atoms with Gasteiger partial charge in [-0.1, -0.05) is 44.2 Å². The Bertz CT molecular complexity index is 659. The second kappa shape index (κ2) is 10.9. The van der Waals surface area contributed by atoms with Crippen molar-refractivity contribution in [2.45, 2.75) is 52.3 Å². The molecule has 0 spiro atoms. The van der Waals surface area contributed by atoms with Crippen LogP contribution in [0.2, 0.25) is 0 Å². The second-order valence-electron chi connectivity index (χ2n) is 6.57. The Morgan fingerprint density at radius 3 is 2.22 bits per heavy atom. The van der Waals surface area contributed by atoms with Crippen LogP contribution >= 0.6 is 0 Å². The third kappa shape index (κ3) is 8.35. The summed E-state index contributed by atoms with van der Waals surface area (Å²) >= 11 is 0. The number of ether oxygens (including phenoxy) is 1. The molecule has 0 aromatic heterocycles. The van der Waals surface area contributed by atoms with Crippen molar-refractivity contribution in [3.8, 4) is 0 Å². The fourth-order valence-electron chi connectivity index (χ4n) is 2.29. The van der Waals surface area contributed by atoms with Crippen molar-refractivity contribution >= 4 is 23.8 Å². The van der Waals surface area contributed by atoms with Gasteiger partial charge in [0.15, 0.2) is 0 Å². The van der Waals surface area contributed by atoms with Gasteiger partial charge in [0.05, 0.1) is 0 Å². The van der Waals surface area contributed by atoms with E-state index in [2.05, 4.69) is 10.6 Å². The van der Waals surface area contributed by atoms with Gasteiger partial charge in [-0.25, -0.2) is 9.59 Å². The number of carbonyl (C=O) groups excluding carboxylic acids is 3. The van der Waals surface area contributed by atoms with Gasteiger partial charge in [-0.15, -0.1) is 0 Å². The molecule has 1 rings (SSSR count). The van der Waals surface area contributed by atoms with Crippen LogP contribution < -0.4 is 10.6 Å². The molecule has 0 heterocycles. The van der Waals surface area contributed by atoms with Crippen LogP contribution in [0.3, 0.4) is 0 Å². The number of amides is 2. The first kappa shape index (κ1) is 22.1. The van der Waals surface area contributed by atoms with E-state index in [1.165, 1.54) is 6.92 Å². The van der Waals surface area contributed by atoms with E-state index in [9.17, 15) is 24.3 Å². The summed E-state index contributed by atoms with van der Waals surface area (Å²) in [6.45, 7) is 4.83. The number of rotatable bonds is 10. The van der Waals surface area contributed by atoms with Crippen LogP contribution in [0.4, 0.5) is 4.79 Å². The molecule has 0 aliphatic heterocycles. The highest BCUT2D eigenvalue weighted by atomic mass is 16.5. The lowest BCUT2D eigenvalue weighted by Gasteiger charge is -2.23. The lowest BCUT2D eigenvalue weighted by molar-refractivity contribution is -0.142. The van der Waals surface area contributed by atoms with Crippen LogP contribution in [0.15, 0.2) is 30.3 Å². The van der Waals surface area contributed by atoms with Crippen molar-refractivity contribution in [2.24, 2.45) is 5.92 Å². The Morgan fingerprint density at radius 2 is 1.70 bits per heavy atom. The molecule has 0 fully saturated rings. The molecule has 1 aromatic carbocycles. The molecule has 8 heteroatoms. The summed E-state index contributed by atoms with van der Waals surface area (Å²) in [4.78, 5) is 46.8. The van der Waals surface area contributed by atoms with Crippen LogP contribution in [0.25, 0.3) is 0 Å². The fraction of sp³-hybridized carbons (Fsp3) is 0.474. The van der Waals surface area contributed by atoms with E-state index in [-0.39, 0.29) is 31.1 Å². The predicted molar refractivity (Wildman–Crippen MR) is 97.9 cm³/mol. The molecule has 3 N–H and O–H groups in total. The smallest absolute Gasteiger partial charge is 0.408 e. The zero-order chi connectivity index (χ0) is 20.4. The summed E-state index contributed by atoms with van der Waals surface area (Å²) in [5.74, 6) is -2.34. The van der Waals surface area contributed by atoms with Crippen LogP contribution in [0.5, 0.6) is 0 Å². The Hall–Kier alpha value is -2.90. The third-order valence-corrected chi connectivity index (χ3v) is 3.83. The van der Waals surface area contributed by atoms with E-state index < -0.39 is 30.1 Å². The maximum absolute atomic E-state index is 12.4. The first-order valence-electron chi connectivity index (χ1n) is 8.70. The normalized spacial score (nSPS) is 12.7. The number of carboxylic acids is 1. The van der Waals surface area contributed by atoms with Gasteiger partial charge in [0, 0.05) is 6.42 Å². The molecular formula is C19H26N2O6. The molecular weight excluding hydrogens is 352 g/mol. The summed E-state index contributed by atoms with van der Waals surface area (Å²) in [5.41, 5.74) is 0.799. The minimum absolute atomic E-state index is 0.0142. The van der Waals surface area contributed by atoms with Crippen molar-refractivity contribution in [2.75, 3.05) is 0 Å². The van der Waals surface area contributed by atoms with Crippen molar-refractivity contribution in [3.05, 3.63) is 35.9 Å². The highest BCUT2D eigenvalue weighted by Crippen LogP contribution is 2.07. The van der Waals surface area contributed by atoms with Crippen molar-refractivity contribution in [1.29, 1.82) is 0 Å². The Balaban J connectivity index is 2.64. The van der Waals surface area contributed by atoms with E-state index in [0.717, 1.165) is 5.56 Å². The van der Waals surface area contributed by atoms with Gasteiger partial charge in [0.1, 0.15) is 24.5 Å². The molecule has 8 nitrogen and oxygen atoms in total. The van der Waals surface area contributed by atoms with Gasteiger partial charge in [0.25, 0.3) is 0 Å². The predicted octanol–water partition coefficient (Wildman–Crippen LogP) is 1.88. The molecule has 27 heavy (non-hydrogen) atoms. The number of ketones is 1. The van der Waals surface area contributed by atoms with Crippen molar-refractivity contribution in [1.82, 2.24) is 10.6 Å². The highest BCUT2D eigenvalue weighted by molar-refractivity contribution is 5.89. The van der Waals surface area contributed by atoms with Crippen LogP contribution in [-0.4, -0.2) is 40.9 Å². The molecule has 0 saturated carbocycles. The van der Waals surface area contributed by atoms with E-state index in [1.54, 1.807) is 26.0 Å². The van der Waals surface area contributed by atoms with Gasteiger partial charge in [-0.3, -0.25) is 4.79 Å². The SMILES string of the molecule is CC(=O)CC[C@@H](NC(=O)[C@@H](NC(=O)OCc1ccccc1)C(C)C)C(=O)O. The summed E-state index contributed by atoms with van der Waals surface area (Å²) in [6.07, 6.45) is -0.751. The molecule has 0 unspecified atom stereocenters. The van der Waals surface area contributed by atoms with Crippen molar-refractivity contribution in [3.63, 3.8) is 0 Å². The molecule has 0 aliphatic carbocycles. The van der Waals surface area contributed by atoms with Gasteiger partial charge >= 0.3 is 12.1 Å². The Morgan fingerprint density at radius 1 is 1.07 bits per heavy atom. The number of Topliss-reactive ketones (excluding diaryl/α,β-unsaturated/α-hetero) is 1. The zero-order valence-corrected chi connectivity index (χ0v) is 15.7. The molecule has 1 aromatic rings. The number of benzene rings is 1. The third-order valence-electron chi connectivity index (χ3n) is 3.83. The van der Waals surface area contributed by atoms with Gasteiger partial charge < -0.3 is 25.3 Å². The van der Waals surface area contributed by atoms with Crippen molar-refractivity contribution < 1.29 is 29.0 Å². The molecule has 0 aliphatic rings. The quantitative estimate of drug-likeness (QED) is 0.571. The monoisotopic (exact) mass is 378 g/mol. The minimum Gasteiger partial charge on any atom is -0.480 e. The van der Waals surface area contributed by atoms with E-state index in [1.807, 2.05) is 18.2 Å². The molecule has 2 atom stereocenters. The summed E-state index contributed by atoms with van der Waals surface area (Å²) < 4.78 is 5.10. The standard InChI is InChI=1S/C19H26N2O6/c1-12(2)16(17(23)20-15(18(24)25)10-9-13(3)22)21-19(26)27-11-14-7-5-4-6-8-14/h4-8,12,15-16H,9-11H2,1-3H3,(H,20,23)(H,21,26)(H,24,25)/t15-,16+/m1/s1. The number of aliphatic carboxylic acids is 1. The average Bonchev–Trinajstić information content (AvgIpc) is 2.61. The largest absolute Gasteiger partial charge is 0.480 e. The molecule has 0 saturated heterocycles. The number of nitrogens with one attached hydrogen (secondary N) is 2. The number of carboxylic acid groups (broad SMARTS) is 1. The Kier molecular flexibility index (Phi) is 8.98. The van der Waals surface area contributed by atoms with Gasteiger partial charge in [-0.2, -0.15) is 0 Å². The summed E-state index contributed by atoms with van der Waals surface area (Å²) in [7, 11) is 0. The second-order valence-corrected chi connectivity index (χ2v) is 6.57. The topological polar surface area (TPSA) is 122 Å². The van der Waals surface area contributed by atoms with Gasteiger partial charge in [-0.05, 0) is 24.8 Å². The van der Waals surface area contributed by atoms with Gasteiger partial charge in [0.2, 0.25) is 5.91 Å². The summed E-state index contributed by atoms with van der Waals surface area (Å²) in [6, 6.07) is 6.89. The summed E-state index contributed by atoms with van der Waals surface area (Å²) in [5, 5.41) is 14.0. The lowest BCUT2D eigenvalue weighted by Crippen LogP contribution is -2.53. The molecule has 2 amide bonds. The first-order valence-corrected chi connectivity index (χ1v) is 8.70. The molecule has 148 valence electrons. The number of carbonyl (C=O) groups is 4. The minimum atomic E-state index is -1.24. The average molecular weight is 378 g/mol. The maximum atomic E-state index is 12.4. The first-order chi connectivity index (χ1) is 12.7. The maximum Gasteiger partial charge on any atom is 0.408 e. The molecule has 0 radical (unpaired) electrons. The van der Waals surface area contributed by atoms with E-state index in [0.29, 0.717) is 0 Å². The van der Waals surface area contributed by atoms with Crippen LogP contribution in [0.1, 0.15) is 39.2 Å². The number of hydrogen-bond acceptors (Lipinski definition) is 5. The Labute approximate surface area is 158 Å². The van der Waals surface area contributed by atoms with Crippen LogP contribution in [0, 0.1) is 5.92 Å². The fourth-order valence-corrected chi connectivity index (χ4v) is 2.29. The van der Waals surface area contributed by atoms with Crippen LogP contribution in [-0.2, 0) is 25.7 Å². The zero-order valence-electron chi connectivity index (χ0n) is 15.7. The number of hydrogen-bond donors (Lipinski definition) is 3. The molecule has 0 bridgehead atoms. The van der Waals surface area contributed by atoms with E-state index in [4.69, 9.17) is 4.74 Å². The van der Waals surface area contributed by atoms with E-state index >= 15 is 0 Å².